The lowest BCUT2D eigenvalue weighted by Gasteiger charge is -2.02. The van der Waals surface area contributed by atoms with Crippen LogP contribution in [0.15, 0.2) is 93.3 Å². The van der Waals surface area contributed by atoms with Crippen molar-refractivity contribution in [2.75, 3.05) is 14.2 Å². The van der Waals surface area contributed by atoms with E-state index in [1.807, 2.05) is 48.5 Å². The molecule has 1 heterocycles. The molecular formula is C26H29N7O4. The Morgan fingerprint density at radius 1 is 1.00 bits per heavy atom. The highest BCUT2D eigenvalue weighted by Crippen LogP contribution is 2.18. The van der Waals surface area contributed by atoms with Gasteiger partial charge in [0.05, 0.1) is 35.0 Å². The van der Waals surface area contributed by atoms with Crippen molar-refractivity contribution in [2.45, 2.75) is 26.3 Å². The molecule has 0 bridgehead atoms. The lowest BCUT2D eigenvalue weighted by atomic mass is 10.2. The summed E-state index contributed by atoms with van der Waals surface area (Å²) in [5.41, 5.74) is 3.75. The molecule has 1 N–H and O–H groups in total. The summed E-state index contributed by atoms with van der Waals surface area (Å²) in [5.74, 6) is 0.772. The number of aryl methyl sites for hydroxylation is 1. The largest absolute Gasteiger partial charge is 0.497 e. The minimum Gasteiger partial charge on any atom is -0.497 e. The van der Waals surface area contributed by atoms with Crippen LogP contribution in [0.3, 0.4) is 0 Å². The summed E-state index contributed by atoms with van der Waals surface area (Å²) in [6.45, 7) is 2.88. The Bertz CT molecular complexity index is 1440. The van der Waals surface area contributed by atoms with Gasteiger partial charge >= 0.3 is 0 Å². The third-order valence-corrected chi connectivity index (χ3v) is 5.36. The van der Waals surface area contributed by atoms with Gasteiger partial charge in [0.25, 0.3) is 11.3 Å². The van der Waals surface area contributed by atoms with Gasteiger partial charge in [0.15, 0.2) is 0 Å². The maximum atomic E-state index is 10.9. The number of imidazole rings is 1. The third kappa shape index (κ3) is 6.73. The molecule has 0 saturated heterocycles. The van der Waals surface area contributed by atoms with Crippen LogP contribution in [0.25, 0.3) is 11.0 Å². The number of rotatable bonds is 9. The second-order valence-corrected chi connectivity index (χ2v) is 7.69. The number of nitrogens with zero attached hydrogens (tertiary/aromatic N) is 7. The van der Waals surface area contributed by atoms with Crippen molar-refractivity contribution in [3.63, 3.8) is 0 Å². The minimum atomic E-state index is -0.457. The van der Waals surface area contributed by atoms with Gasteiger partial charge in [-0.1, -0.05) is 30.6 Å². The highest BCUT2D eigenvalue weighted by atomic mass is 16.6. The molecule has 3 aromatic carbocycles. The van der Waals surface area contributed by atoms with Crippen molar-refractivity contribution in [3.8, 4) is 5.75 Å². The molecule has 11 nitrogen and oxygen atoms in total. The molecule has 0 spiro atoms. The van der Waals surface area contributed by atoms with E-state index in [1.54, 1.807) is 18.0 Å². The summed E-state index contributed by atoms with van der Waals surface area (Å²) in [6.07, 6.45) is 3.73. The molecule has 11 heteroatoms. The standard InChI is InChI=1S/C25H25N7O3.CH4O/c1-3-4-17-30-23-7-5-6-8-24(23)31(26-18-19-9-15-22(35-2)16-10-19)25(30)28-29-27-20-11-13-21(14-12-20)32(33)34;1-2/h5-16,18H,3-4,17H2,1-2H3;2H,1H3/b26-18+,28-25+,29-27?;. The van der Waals surface area contributed by atoms with E-state index in [9.17, 15) is 10.1 Å². The van der Waals surface area contributed by atoms with E-state index in [-0.39, 0.29) is 5.69 Å². The molecule has 0 aliphatic heterocycles. The van der Waals surface area contributed by atoms with Crippen molar-refractivity contribution >= 4 is 28.6 Å². The van der Waals surface area contributed by atoms with Crippen LogP contribution in [-0.2, 0) is 6.54 Å². The Morgan fingerprint density at radius 2 is 1.68 bits per heavy atom. The van der Waals surface area contributed by atoms with Gasteiger partial charge in [-0.15, -0.1) is 5.11 Å². The summed E-state index contributed by atoms with van der Waals surface area (Å²) >= 11 is 0. The van der Waals surface area contributed by atoms with Crippen molar-refractivity contribution in [2.24, 2.45) is 20.5 Å². The van der Waals surface area contributed by atoms with Crippen molar-refractivity contribution in [3.05, 3.63) is 94.1 Å². The van der Waals surface area contributed by atoms with Gasteiger partial charge in [0.1, 0.15) is 5.75 Å². The van der Waals surface area contributed by atoms with Gasteiger partial charge in [0, 0.05) is 25.8 Å². The maximum Gasteiger partial charge on any atom is 0.269 e. The number of ether oxygens (including phenoxy) is 1. The molecule has 0 unspecified atom stereocenters. The van der Waals surface area contributed by atoms with E-state index < -0.39 is 4.92 Å². The molecule has 0 atom stereocenters. The van der Waals surface area contributed by atoms with Crippen molar-refractivity contribution in [1.29, 1.82) is 0 Å². The van der Waals surface area contributed by atoms with Gasteiger partial charge in [-0.2, -0.15) is 9.78 Å². The lowest BCUT2D eigenvalue weighted by Crippen LogP contribution is -2.24. The maximum absolute atomic E-state index is 10.9. The van der Waals surface area contributed by atoms with Gasteiger partial charge in [-0.3, -0.25) is 10.1 Å². The topological polar surface area (TPSA) is 132 Å². The highest BCUT2D eigenvalue weighted by molar-refractivity contribution is 5.81. The van der Waals surface area contributed by atoms with E-state index in [4.69, 9.17) is 14.9 Å². The number of nitro groups is 1. The van der Waals surface area contributed by atoms with Crippen LogP contribution in [0.5, 0.6) is 5.75 Å². The number of hydrogen-bond donors (Lipinski definition) is 1. The molecule has 4 rings (SSSR count). The fourth-order valence-corrected chi connectivity index (χ4v) is 3.52. The summed E-state index contributed by atoms with van der Waals surface area (Å²) in [7, 11) is 2.63. The van der Waals surface area contributed by atoms with Crippen LogP contribution in [0, 0.1) is 10.1 Å². The Labute approximate surface area is 213 Å². The number of fused-ring (bicyclic) bond motifs is 1. The number of aromatic nitrogens is 2. The molecule has 192 valence electrons. The Hall–Kier alpha value is -4.64. The summed E-state index contributed by atoms with van der Waals surface area (Å²) in [4.78, 5) is 10.4. The number of methoxy groups -OCH3 is 1. The zero-order valence-electron chi connectivity index (χ0n) is 20.9. The number of unbranched alkanes of at least 4 members (excludes halogenated alkanes) is 1. The lowest BCUT2D eigenvalue weighted by molar-refractivity contribution is -0.384. The van der Waals surface area contributed by atoms with Gasteiger partial charge < -0.3 is 14.4 Å². The van der Waals surface area contributed by atoms with E-state index in [2.05, 4.69) is 26.9 Å². The first kappa shape index (κ1) is 27.0. The fraction of sp³-hybridized carbons (Fsp3) is 0.231. The number of nitro benzene ring substituents is 1. The Kier molecular flexibility index (Phi) is 9.80. The van der Waals surface area contributed by atoms with Crippen LogP contribution in [0.2, 0.25) is 0 Å². The predicted octanol–water partition coefficient (Wildman–Crippen LogP) is 5.25. The third-order valence-electron chi connectivity index (χ3n) is 5.36. The first-order valence-corrected chi connectivity index (χ1v) is 11.6. The molecule has 1 aromatic heterocycles. The number of aliphatic hydroxyl groups excluding tert-OH is 1. The average molecular weight is 504 g/mol. The zero-order chi connectivity index (χ0) is 26.6. The highest BCUT2D eigenvalue weighted by Gasteiger charge is 2.11. The van der Waals surface area contributed by atoms with Crippen LogP contribution < -0.4 is 10.4 Å². The second-order valence-electron chi connectivity index (χ2n) is 7.69. The monoisotopic (exact) mass is 503 g/mol. The van der Waals surface area contributed by atoms with E-state index in [1.165, 1.54) is 24.3 Å². The zero-order valence-corrected chi connectivity index (χ0v) is 20.9. The summed E-state index contributed by atoms with van der Waals surface area (Å²) in [5, 5.41) is 35.1. The number of aliphatic hydroxyl groups is 1. The number of hydrogen-bond acceptors (Lipinski definition) is 7. The molecule has 0 amide bonds. The molecule has 0 aliphatic carbocycles. The van der Waals surface area contributed by atoms with Gasteiger partial charge in [-0.05, 0) is 65.7 Å². The predicted molar refractivity (Wildman–Crippen MR) is 142 cm³/mol. The first-order valence-electron chi connectivity index (χ1n) is 11.6. The SMILES string of the molecule is CCCCn1/c(=N\N=Nc2ccc([N+](=O)[O-])cc2)n(/N=C/c2ccc(OC)cc2)c2ccccc21.CO. The van der Waals surface area contributed by atoms with Crippen LogP contribution in [-0.4, -0.2) is 39.7 Å². The van der Waals surface area contributed by atoms with Crippen LogP contribution >= 0.6 is 0 Å². The van der Waals surface area contributed by atoms with Crippen LogP contribution in [0.4, 0.5) is 11.4 Å². The normalized spacial score (nSPS) is 11.7. The van der Waals surface area contributed by atoms with Crippen LogP contribution in [0.1, 0.15) is 25.3 Å². The number of non-ortho nitro benzene ring substituents is 1. The van der Waals surface area contributed by atoms with Gasteiger partial charge in [-0.25, -0.2) is 0 Å². The summed E-state index contributed by atoms with van der Waals surface area (Å²) in [6, 6.07) is 21.3. The molecular weight excluding hydrogens is 474 g/mol. The molecule has 37 heavy (non-hydrogen) atoms. The molecule has 0 saturated carbocycles. The smallest absolute Gasteiger partial charge is 0.269 e. The fourth-order valence-electron chi connectivity index (χ4n) is 3.52. The Balaban J connectivity index is 0.00000186. The second kappa shape index (κ2) is 13.4. The quantitative estimate of drug-likeness (QED) is 0.145. The van der Waals surface area contributed by atoms with Gasteiger partial charge in [0.2, 0.25) is 0 Å². The molecule has 0 aliphatic rings. The Morgan fingerprint density at radius 3 is 2.30 bits per heavy atom. The van der Waals surface area contributed by atoms with E-state index >= 15 is 0 Å². The van der Waals surface area contributed by atoms with E-state index in [0.717, 1.165) is 48.8 Å². The van der Waals surface area contributed by atoms with Crippen molar-refractivity contribution < 1.29 is 14.8 Å². The molecule has 4 aromatic rings. The number of para-hydroxylation sites is 2. The first-order chi connectivity index (χ1) is 18.1. The molecule has 0 radical (unpaired) electrons. The number of benzene rings is 3. The van der Waals surface area contributed by atoms with E-state index in [0.29, 0.717) is 11.3 Å². The minimum absolute atomic E-state index is 0.00806. The van der Waals surface area contributed by atoms with Crippen molar-refractivity contribution in [1.82, 2.24) is 9.24 Å². The average Bonchev–Trinajstić information content (AvgIpc) is 3.24. The molecule has 0 fully saturated rings. The summed E-state index contributed by atoms with van der Waals surface area (Å²) < 4.78 is 9.03.